The smallest absolute Gasteiger partial charge is 0.417 e. The second-order valence-electron chi connectivity index (χ2n) is 3.82. The third-order valence-electron chi connectivity index (χ3n) is 2.59. The van der Waals surface area contributed by atoms with E-state index in [-0.39, 0.29) is 21.2 Å². The van der Waals surface area contributed by atoms with Crippen molar-refractivity contribution >= 4 is 50.7 Å². The van der Waals surface area contributed by atoms with Crippen LogP contribution in [0.25, 0.3) is 5.57 Å². The molecule has 0 saturated carbocycles. The Morgan fingerprint density at radius 2 is 1.89 bits per heavy atom. The molecule has 1 aliphatic carbocycles. The first-order valence-electron chi connectivity index (χ1n) is 4.80. The van der Waals surface area contributed by atoms with Gasteiger partial charge in [0.2, 0.25) is 0 Å². The van der Waals surface area contributed by atoms with E-state index in [1.165, 1.54) is 0 Å². The van der Waals surface area contributed by atoms with Crippen molar-refractivity contribution in [2.24, 2.45) is 0 Å². The van der Waals surface area contributed by atoms with Crippen LogP contribution in [0, 0.1) is 0 Å². The molecule has 1 aromatic rings. The molecule has 0 heterocycles. The van der Waals surface area contributed by atoms with E-state index >= 15 is 0 Å². The quantitative estimate of drug-likeness (QED) is 0.773. The number of hydrogen-bond acceptors (Lipinski definition) is 1. The molecule has 0 aliphatic heterocycles. The highest BCUT2D eigenvalue weighted by atomic mass is 79.9. The molecule has 19 heavy (non-hydrogen) atoms. The molecule has 1 N–H and O–H groups in total. The molecule has 1 aliphatic rings. The zero-order valence-corrected chi connectivity index (χ0v) is 12.0. The second kappa shape index (κ2) is 4.40. The molecule has 0 fully saturated rings. The van der Waals surface area contributed by atoms with E-state index < -0.39 is 22.0 Å². The lowest BCUT2D eigenvalue weighted by atomic mass is 10.1. The van der Waals surface area contributed by atoms with Gasteiger partial charge in [-0.3, -0.25) is 0 Å². The van der Waals surface area contributed by atoms with E-state index in [1.807, 2.05) is 0 Å². The van der Waals surface area contributed by atoms with Gasteiger partial charge in [0.05, 0.1) is 11.1 Å². The molecular weight excluding hydrogens is 372 g/mol. The summed E-state index contributed by atoms with van der Waals surface area (Å²) in [5, 5.41) is 8.86. The van der Waals surface area contributed by atoms with Crippen molar-refractivity contribution in [2.45, 2.75) is 10.5 Å². The number of benzene rings is 1. The Morgan fingerprint density at radius 1 is 1.32 bits per heavy atom. The van der Waals surface area contributed by atoms with Gasteiger partial charge in [-0.1, -0.05) is 45.2 Å². The lowest BCUT2D eigenvalue weighted by Gasteiger charge is -2.10. The highest BCUT2D eigenvalue weighted by Crippen LogP contribution is 2.59. The van der Waals surface area contributed by atoms with E-state index in [2.05, 4.69) is 15.9 Å². The molecule has 2 rings (SSSR count). The number of halogens is 6. The normalized spacial score (nSPS) is 17.6. The Labute approximate surface area is 123 Å². The number of carboxylic acids is 1. The number of carbonyl (C=O) groups is 1. The van der Waals surface area contributed by atoms with Crippen LogP contribution < -0.4 is 0 Å². The van der Waals surface area contributed by atoms with Gasteiger partial charge in [-0.05, 0) is 17.7 Å². The van der Waals surface area contributed by atoms with E-state index in [0.717, 1.165) is 18.2 Å². The van der Waals surface area contributed by atoms with Crippen molar-refractivity contribution in [1.82, 2.24) is 0 Å². The lowest BCUT2D eigenvalue weighted by Crippen LogP contribution is -2.06. The molecule has 2 nitrogen and oxygen atoms in total. The van der Waals surface area contributed by atoms with Crippen LogP contribution in [0.5, 0.6) is 0 Å². The monoisotopic (exact) mass is 374 g/mol. The van der Waals surface area contributed by atoms with Crippen LogP contribution in [0.4, 0.5) is 13.2 Å². The fraction of sp³-hybridized carbons (Fsp3) is 0.182. The SMILES string of the molecule is O=C(O)C1=C(c2ccc(C(F)(F)F)c(Br)c2)C1(Cl)Cl. The highest BCUT2D eigenvalue weighted by molar-refractivity contribution is 9.10. The van der Waals surface area contributed by atoms with Gasteiger partial charge in [-0.2, -0.15) is 13.2 Å². The molecule has 8 heteroatoms. The van der Waals surface area contributed by atoms with Crippen molar-refractivity contribution < 1.29 is 23.1 Å². The minimum Gasteiger partial charge on any atom is -0.478 e. The van der Waals surface area contributed by atoms with Crippen molar-refractivity contribution in [1.29, 1.82) is 0 Å². The van der Waals surface area contributed by atoms with Crippen molar-refractivity contribution in [3.63, 3.8) is 0 Å². The first-order chi connectivity index (χ1) is 8.56. The Balaban J connectivity index is 2.46. The maximum atomic E-state index is 12.6. The first-order valence-corrected chi connectivity index (χ1v) is 6.35. The zero-order valence-electron chi connectivity index (χ0n) is 8.86. The Hall–Kier alpha value is -0.720. The van der Waals surface area contributed by atoms with Crippen LogP contribution in [0.3, 0.4) is 0 Å². The van der Waals surface area contributed by atoms with E-state index in [0.29, 0.717) is 0 Å². The third-order valence-corrected chi connectivity index (χ3v) is 4.00. The molecular formula is C11H4BrCl2F3O2. The molecule has 1 aromatic carbocycles. The Morgan fingerprint density at radius 3 is 2.26 bits per heavy atom. The predicted molar refractivity (Wildman–Crippen MR) is 68.1 cm³/mol. The van der Waals surface area contributed by atoms with Crippen LogP contribution in [-0.4, -0.2) is 15.4 Å². The summed E-state index contributed by atoms with van der Waals surface area (Å²) in [7, 11) is 0. The van der Waals surface area contributed by atoms with Gasteiger partial charge in [0.1, 0.15) is 0 Å². The summed E-state index contributed by atoms with van der Waals surface area (Å²) in [5.74, 6) is -1.30. The topological polar surface area (TPSA) is 37.3 Å². The molecule has 0 unspecified atom stereocenters. The fourth-order valence-corrected chi connectivity index (χ4v) is 2.97. The lowest BCUT2D eigenvalue weighted by molar-refractivity contribution is -0.138. The number of aliphatic carboxylic acids is 1. The number of rotatable bonds is 2. The van der Waals surface area contributed by atoms with E-state index in [1.54, 1.807) is 0 Å². The van der Waals surface area contributed by atoms with Gasteiger partial charge < -0.3 is 5.11 Å². The van der Waals surface area contributed by atoms with Crippen LogP contribution in [0.15, 0.2) is 28.2 Å². The van der Waals surface area contributed by atoms with Gasteiger partial charge in [0.25, 0.3) is 0 Å². The average molecular weight is 376 g/mol. The number of allylic oxidation sites excluding steroid dienone is 1. The summed E-state index contributed by atoms with van der Waals surface area (Å²) in [5.41, 5.74) is -0.730. The van der Waals surface area contributed by atoms with E-state index in [4.69, 9.17) is 28.3 Å². The zero-order chi connectivity index (χ0) is 14.6. The maximum absolute atomic E-state index is 12.6. The third kappa shape index (κ3) is 2.49. The molecule has 0 atom stereocenters. The van der Waals surface area contributed by atoms with Gasteiger partial charge in [-0.25, -0.2) is 4.79 Å². The molecule has 0 bridgehead atoms. The molecule has 0 spiro atoms. The summed E-state index contributed by atoms with van der Waals surface area (Å²) < 4.78 is 35.8. The Kier molecular flexibility index (Phi) is 3.40. The maximum Gasteiger partial charge on any atom is 0.417 e. The molecule has 0 radical (unpaired) electrons. The number of alkyl halides is 5. The van der Waals surface area contributed by atoms with Crippen molar-refractivity contribution in [3.05, 3.63) is 39.4 Å². The average Bonchev–Trinajstić information content (AvgIpc) is 2.79. The summed E-state index contributed by atoms with van der Waals surface area (Å²) >= 11 is 14.3. The van der Waals surface area contributed by atoms with Gasteiger partial charge in [0, 0.05) is 10.0 Å². The minimum atomic E-state index is -4.50. The van der Waals surface area contributed by atoms with Crippen LogP contribution >= 0.6 is 39.1 Å². The molecule has 0 saturated heterocycles. The van der Waals surface area contributed by atoms with Crippen LogP contribution in [0.2, 0.25) is 0 Å². The molecule has 0 aromatic heterocycles. The van der Waals surface area contributed by atoms with Crippen LogP contribution in [-0.2, 0) is 11.0 Å². The minimum absolute atomic E-state index is 0.109. The second-order valence-corrected chi connectivity index (χ2v) is 6.00. The highest BCUT2D eigenvalue weighted by Gasteiger charge is 2.55. The molecule has 102 valence electrons. The largest absolute Gasteiger partial charge is 0.478 e. The van der Waals surface area contributed by atoms with Crippen molar-refractivity contribution in [2.75, 3.05) is 0 Å². The number of carboxylic acid groups (broad SMARTS) is 1. The predicted octanol–water partition coefficient (Wildman–Crippen LogP) is 4.49. The van der Waals surface area contributed by atoms with Gasteiger partial charge in [0.15, 0.2) is 4.33 Å². The van der Waals surface area contributed by atoms with Gasteiger partial charge in [-0.15, -0.1) is 0 Å². The summed E-state index contributed by atoms with van der Waals surface area (Å²) in [6, 6.07) is 3.13. The van der Waals surface area contributed by atoms with Crippen molar-refractivity contribution in [3.8, 4) is 0 Å². The molecule has 0 amide bonds. The summed E-state index contributed by atoms with van der Waals surface area (Å²) in [6.45, 7) is 0. The Bertz CT molecular complexity index is 608. The summed E-state index contributed by atoms with van der Waals surface area (Å²) in [4.78, 5) is 10.9. The van der Waals surface area contributed by atoms with Gasteiger partial charge >= 0.3 is 12.1 Å². The standard InChI is InChI=1S/C11H4BrCl2F3O2/c12-6-3-4(1-2-5(6)11(15,16)17)7-8(9(18)19)10(7,13)14/h1-3H,(H,18,19). The summed E-state index contributed by atoms with van der Waals surface area (Å²) in [6.07, 6.45) is -4.50. The van der Waals surface area contributed by atoms with Crippen LogP contribution in [0.1, 0.15) is 11.1 Å². The van der Waals surface area contributed by atoms with E-state index in [9.17, 15) is 18.0 Å². The number of hydrogen-bond donors (Lipinski definition) is 1. The first kappa shape index (κ1) is 14.7. The fourth-order valence-electron chi connectivity index (χ4n) is 1.70.